The van der Waals surface area contributed by atoms with Gasteiger partial charge in [0.1, 0.15) is 18.1 Å². The summed E-state index contributed by atoms with van der Waals surface area (Å²) in [5.41, 5.74) is 0.718. The Morgan fingerprint density at radius 3 is 2.52 bits per heavy atom. The Labute approximate surface area is 133 Å². The van der Waals surface area contributed by atoms with Crippen molar-refractivity contribution >= 4 is 17.7 Å². The second kappa shape index (κ2) is 7.40. The molecule has 120 valence electrons. The molecule has 0 saturated heterocycles. The van der Waals surface area contributed by atoms with Gasteiger partial charge in [-0.15, -0.1) is 0 Å². The lowest BCUT2D eigenvalue weighted by molar-refractivity contribution is -0.116. The lowest BCUT2D eigenvalue weighted by atomic mass is 10.2. The zero-order valence-electron chi connectivity index (χ0n) is 12.9. The van der Waals surface area contributed by atoms with E-state index in [1.54, 1.807) is 43.3 Å². The number of anilines is 1. The number of hydrogen-bond donors (Lipinski definition) is 1. The van der Waals surface area contributed by atoms with Crippen LogP contribution in [0.5, 0.6) is 5.75 Å². The van der Waals surface area contributed by atoms with Crippen molar-refractivity contribution in [3.8, 4) is 5.75 Å². The van der Waals surface area contributed by atoms with Crippen LogP contribution in [0.3, 0.4) is 0 Å². The van der Waals surface area contributed by atoms with E-state index in [0.29, 0.717) is 17.0 Å². The summed E-state index contributed by atoms with van der Waals surface area (Å²) in [7, 11) is 1.45. The molecule has 5 nitrogen and oxygen atoms in total. The molecule has 6 heteroatoms. The van der Waals surface area contributed by atoms with E-state index in [0.717, 1.165) is 4.90 Å². The van der Waals surface area contributed by atoms with Crippen LogP contribution in [0.4, 0.5) is 14.9 Å². The van der Waals surface area contributed by atoms with Gasteiger partial charge in [-0.3, -0.25) is 4.79 Å². The SMILES string of the molecule is Cc1c(F)cccc1NC(=O)CN(C)C(=O)Oc1ccccc1. The number of amides is 2. The molecular formula is C17H17FN2O3. The van der Waals surface area contributed by atoms with Crippen LogP contribution in [0.15, 0.2) is 48.5 Å². The molecule has 0 heterocycles. The summed E-state index contributed by atoms with van der Waals surface area (Å²) in [4.78, 5) is 25.0. The highest BCUT2D eigenvalue weighted by atomic mass is 19.1. The van der Waals surface area contributed by atoms with E-state index >= 15 is 0 Å². The number of carbonyl (C=O) groups is 2. The molecule has 0 spiro atoms. The van der Waals surface area contributed by atoms with Gasteiger partial charge < -0.3 is 15.0 Å². The van der Waals surface area contributed by atoms with Crippen molar-refractivity contribution in [2.24, 2.45) is 0 Å². The fraction of sp³-hybridized carbons (Fsp3) is 0.176. The topological polar surface area (TPSA) is 58.6 Å². The number of halogens is 1. The highest BCUT2D eigenvalue weighted by Gasteiger charge is 2.16. The molecule has 0 aliphatic heterocycles. The summed E-state index contributed by atoms with van der Waals surface area (Å²) in [5.74, 6) is -0.448. The van der Waals surface area contributed by atoms with Crippen molar-refractivity contribution in [1.29, 1.82) is 0 Å². The molecule has 0 saturated carbocycles. The van der Waals surface area contributed by atoms with Gasteiger partial charge in [-0.05, 0) is 31.2 Å². The smallest absolute Gasteiger partial charge is 0.410 e. The molecular weight excluding hydrogens is 299 g/mol. The Morgan fingerprint density at radius 1 is 1.13 bits per heavy atom. The molecule has 1 N–H and O–H groups in total. The predicted octanol–water partition coefficient (Wildman–Crippen LogP) is 3.20. The first-order chi connectivity index (χ1) is 11.0. The number of nitrogens with one attached hydrogen (secondary N) is 1. The molecule has 0 bridgehead atoms. The zero-order valence-corrected chi connectivity index (χ0v) is 12.9. The van der Waals surface area contributed by atoms with E-state index in [4.69, 9.17) is 4.74 Å². The highest BCUT2D eigenvalue weighted by molar-refractivity contribution is 5.94. The van der Waals surface area contributed by atoms with Crippen LogP contribution >= 0.6 is 0 Å². The first kappa shape index (κ1) is 16.5. The number of ether oxygens (including phenoxy) is 1. The van der Waals surface area contributed by atoms with Crippen LogP contribution in [0, 0.1) is 12.7 Å². The molecule has 2 aromatic rings. The van der Waals surface area contributed by atoms with E-state index in [1.165, 1.54) is 19.2 Å². The molecule has 0 radical (unpaired) electrons. The highest BCUT2D eigenvalue weighted by Crippen LogP contribution is 2.17. The molecule has 2 rings (SSSR count). The maximum atomic E-state index is 13.4. The molecule has 0 aromatic heterocycles. The minimum Gasteiger partial charge on any atom is -0.410 e. The third kappa shape index (κ3) is 4.54. The molecule has 2 aromatic carbocycles. The fourth-order valence-electron chi connectivity index (χ4n) is 1.88. The molecule has 0 aliphatic rings. The number of rotatable bonds is 4. The van der Waals surface area contributed by atoms with Crippen LogP contribution < -0.4 is 10.1 Å². The van der Waals surface area contributed by atoms with E-state index in [-0.39, 0.29) is 6.54 Å². The quantitative estimate of drug-likeness (QED) is 0.942. The summed E-state index contributed by atoms with van der Waals surface area (Å²) < 4.78 is 18.5. The minimum atomic E-state index is -0.651. The molecule has 0 atom stereocenters. The van der Waals surface area contributed by atoms with Gasteiger partial charge in [0, 0.05) is 18.3 Å². The van der Waals surface area contributed by atoms with Crippen molar-refractivity contribution < 1.29 is 18.7 Å². The van der Waals surface area contributed by atoms with Crippen molar-refractivity contribution in [3.63, 3.8) is 0 Å². The second-order valence-corrected chi connectivity index (χ2v) is 5.00. The maximum absolute atomic E-state index is 13.4. The molecule has 2 amide bonds. The summed E-state index contributed by atoms with van der Waals surface area (Å²) in [6.07, 6.45) is -0.651. The van der Waals surface area contributed by atoms with Crippen LogP contribution in [0.2, 0.25) is 0 Å². The normalized spacial score (nSPS) is 10.0. The Hall–Kier alpha value is -2.89. The monoisotopic (exact) mass is 316 g/mol. The third-order valence-corrected chi connectivity index (χ3v) is 3.18. The zero-order chi connectivity index (χ0) is 16.8. The van der Waals surface area contributed by atoms with Gasteiger partial charge in [-0.1, -0.05) is 24.3 Å². The second-order valence-electron chi connectivity index (χ2n) is 5.00. The Kier molecular flexibility index (Phi) is 5.30. The number of para-hydroxylation sites is 1. The Morgan fingerprint density at radius 2 is 1.83 bits per heavy atom. The minimum absolute atomic E-state index is 0.207. The van der Waals surface area contributed by atoms with Gasteiger partial charge in [-0.2, -0.15) is 0 Å². The lowest BCUT2D eigenvalue weighted by Crippen LogP contribution is -2.36. The average molecular weight is 316 g/mol. The van der Waals surface area contributed by atoms with Crippen LogP contribution in [-0.4, -0.2) is 30.5 Å². The predicted molar refractivity (Wildman–Crippen MR) is 84.9 cm³/mol. The summed E-state index contributed by atoms with van der Waals surface area (Å²) in [6, 6.07) is 13.0. The van der Waals surface area contributed by atoms with E-state index in [2.05, 4.69) is 5.32 Å². The number of carbonyl (C=O) groups excluding carboxylic acids is 2. The Bertz CT molecular complexity index is 704. The maximum Gasteiger partial charge on any atom is 0.415 e. The number of nitrogens with zero attached hydrogens (tertiary/aromatic N) is 1. The van der Waals surface area contributed by atoms with Crippen LogP contribution in [0.25, 0.3) is 0 Å². The molecule has 0 unspecified atom stereocenters. The summed E-state index contributed by atoms with van der Waals surface area (Å²) in [6.45, 7) is 1.36. The number of benzene rings is 2. The van der Waals surface area contributed by atoms with E-state index in [9.17, 15) is 14.0 Å². The van der Waals surface area contributed by atoms with Crippen LogP contribution in [0.1, 0.15) is 5.56 Å². The first-order valence-electron chi connectivity index (χ1n) is 7.00. The molecule has 23 heavy (non-hydrogen) atoms. The van der Waals surface area contributed by atoms with Gasteiger partial charge in [-0.25, -0.2) is 9.18 Å². The summed E-state index contributed by atoms with van der Waals surface area (Å²) >= 11 is 0. The summed E-state index contributed by atoms with van der Waals surface area (Å²) in [5, 5.41) is 2.57. The number of hydrogen-bond acceptors (Lipinski definition) is 3. The fourth-order valence-corrected chi connectivity index (χ4v) is 1.88. The molecule has 0 fully saturated rings. The molecule has 0 aliphatic carbocycles. The lowest BCUT2D eigenvalue weighted by Gasteiger charge is -2.17. The number of likely N-dealkylation sites (N-methyl/N-ethyl adjacent to an activating group) is 1. The van der Waals surface area contributed by atoms with Gasteiger partial charge in [0.25, 0.3) is 0 Å². The average Bonchev–Trinajstić information content (AvgIpc) is 2.52. The van der Waals surface area contributed by atoms with Gasteiger partial charge in [0.05, 0.1) is 0 Å². The van der Waals surface area contributed by atoms with E-state index in [1.807, 2.05) is 0 Å². The van der Waals surface area contributed by atoms with Crippen molar-refractivity contribution in [2.75, 3.05) is 18.9 Å². The third-order valence-electron chi connectivity index (χ3n) is 3.18. The van der Waals surface area contributed by atoms with Crippen LogP contribution in [-0.2, 0) is 4.79 Å². The van der Waals surface area contributed by atoms with Gasteiger partial charge in [0.15, 0.2) is 0 Å². The van der Waals surface area contributed by atoms with E-state index < -0.39 is 17.8 Å². The first-order valence-corrected chi connectivity index (χ1v) is 7.00. The van der Waals surface area contributed by atoms with Gasteiger partial charge in [0.2, 0.25) is 5.91 Å². The largest absolute Gasteiger partial charge is 0.415 e. The Balaban J connectivity index is 1.91. The van der Waals surface area contributed by atoms with Crippen molar-refractivity contribution in [3.05, 3.63) is 59.9 Å². The standard InChI is InChI=1S/C17H17FN2O3/c1-12-14(18)9-6-10-15(12)19-16(21)11-20(2)17(22)23-13-7-4-3-5-8-13/h3-10H,11H2,1-2H3,(H,19,21). The van der Waals surface area contributed by atoms with Crippen molar-refractivity contribution in [1.82, 2.24) is 4.90 Å². The van der Waals surface area contributed by atoms with Crippen molar-refractivity contribution in [2.45, 2.75) is 6.92 Å². The van der Waals surface area contributed by atoms with Gasteiger partial charge >= 0.3 is 6.09 Å².